The first-order valence-electron chi connectivity index (χ1n) is 10.2. The standard InChI is InChI=1S/C27H15BrCl2N2O3/c28-22-13-16(12-18(15-31)26(33)32-24-14-19(29)9-10-23(24)30)8-11-25(22)35-27(34)21-7-3-5-17-4-1-2-6-20(17)21/h1-14H,(H,32,33)/b18-12+. The number of carbonyl (C=O) groups excluding carboxylic acids is 2. The molecule has 0 unspecified atom stereocenters. The molecule has 0 heterocycles. The van der Waals surface area contributed by atoms with E-state index in [1.54, 1.807) is 42.5 Å². The molecule has 0 aliphatic heterocycles. The lowest BCUT2D eigenvalue weighted by atomic mass is 10.0. The molecule has 5 nitrogen and oxygen atoms in total. The van der Waals surface area contributed by atoms with Gasteiger partial charge in [0.15, 0.2) is 0 Å². The van der Waals surface area contributed by atoms with Crippen LogP contribution < -0.4 is 10.1 Å². The molecular weight excluding hydrogens is 551 g/mol. The Morgan fingerprint density at radius 1 is 0.971 bits per heavy atom. The number of amides is 1. The average molecular weight is 566 g/mol. The average Bonchev–Trinajstić information content (AvgIpc) is 2.85. The number of fused-ring (bicyclic) bond motifs is 1. The zero-order valence-electron chi connectivity index (χ0n) is 17.9. The molecule has 4 aromatic carbocycles. The molecule has 1 N–H and O–H groups in total. The Labute approximate surface area is 219 Å². The summed E-state index contributed by atoms with van der Waals surface area (Å²) < 4.78 is 6.08. The van der Waals surface area contributed by atoms with Gasteiger partial charge in [-0.2, -0.15) is 5.26 Å². The second-order valence-corrected chi connectivity index (χ2v) is 9.05. The lowest BCUT2D eigenvalue weighted by Crippen LogP contribution is -2.13. The summed E-state index contributed by atoms with van der Waals surface area (Å²) in [4.78, 5) is 25.4. The fraction of sp³-hybridized carbons (Fsp3) is 0. The van der Waals surface area contributed by atoms with Crippen molar-refractivity contribution >= 4 is 73.5 Å². The van der Waals surface area contributed by atoms with E-state index in [9.17, 15) is 14.9 Å². The molecule has 0 saturated heterocycles. The zero-order valence-corrected chi connectivity index (χ0v) is 21.0. The molecule has 0 spiro atoms. The largest absolute Gasteiger partial charge is 0.422 e. The predicted molar refractivity (Wildman–Crippen MR) is 142 cm³/mol. The highest BCUT2D eigenvalue weighted by atomic mass is 79.9. The van der Waals surface area contributed by atoms with Crippen LogP contribution in [0.3, 0.4) is 0 Å². The molecule has 0 atom stereocenters. The van der Waals surface area contributed by atoms with Crippen molar-refractivity contribution in [2.45, 2.75) is 0 Å². The van der Waals surface area contributed by atoms with Gasteiger partial charge in [0.1, 0.15) is 17.4 Å². The number of benzene rings is 4. The first-order valence-corrected chi connectivity index (χ1v) is 11.8. The number of rotatable bonds is 5. The molecule has 4 aromatic rings. The number of nitriles is 1. The Kier molecular flexibility index (Phi) is 7.52. The van der Waals surface area contributed by atoms with Gasteiger partial charge >= 0.3 is 5.97 Å². The van der Waals surface area contributed by atoms with Crippen molar-refractivity contribution in [1.29, 1.82) is 5.26 Å². The van der Waals surface area contributed by atoms with Crippen molar-refractivity contribution in [3.8, 4) is 11.8 Å². The van der Waals surface area contributed by atoms with E-state index in [0.717, 1.165) is 10.8 Å². The summed E-state index contributed by atoms with van der Waals surface area (Å²) >= 11 is 15.4. The minimum Gasteiger partial charge on any atom is -0.422 e. The highest BCUT2D eigenvalue weighted by Crippen LogP contribution is 2.30. The molecule has 1 amide bonds. The second-order valence-electron chi connectivity index (χ2n) is 7.35. The van der Waals surface area contributed by atoms with Crippen molar-refractivity contribution in [2.24, 2.45) is 0 Å². The summed E-state index contributed by atoms with van der Waals surface area (Å²) in [5.41, 5.74) is 1.14. The van der Waals surface area contributed by atoms with Crippen molar-refractivity contribution in [2.75, 3.05) is 5.32 Å². The summed E-state index contributed by atoms with van der Waals surface area (Å²) in [6.45, 7) is 0. The minimum atomic E-state index is -0.640. The Morgan fingerprint density at radius 2 is 1.74 bits per heavy atom. The summed E-state index contributed by atoms with van der Waals surface area (Å²) in [6, 6.07) is 24.3. The maximum absolute atomic E-state index is 12.8. The number of hydrogen-bond acceptors (Lipinski definition) is 4. The number of esters is 1. The van der Waals surface area contributed by atoms with Crippen LogP contribution in [0.15, 0.2) is 88.9 Å². The first kappa shape index (κ1) is 24.5. The van der Waals surface area contributed by atoms with E-state index in [0.29, 0.717) is 37.1 Å². The molecule has 35 heavy (non-hydrogen) atoms. The Balaban J connectivity index is 1.54. The van der Waals surface area contributed by atoms with Gasteiger partial charge < -0.3 is 10.1 Å². The van der Waals surface area contributed by atoms with Crippen LogP contribution in [0.5, 0.6) is 5.75 Å². The third-order valence-corrected chi connectivity index (χ3v) is 6.21. The molecule has 8 heteroatoms. The number of halogens is 3. The van der Waals surface area contributed by atoms with Crippen LogP contribution in [0, 0.1) is 11.3 Å². The number of nitrogens with zero attached hydrogens (tertiary/aromatic N) is 1. The highest BCUT2D eigenvalue weighted by molar-refractivity contribution is 9.10. The SMILES string of the molecule is N#C/C(=C\c1ccc(OC(=O)c2cccc3ccccc23)c(Br)c1)C(=O)Nc1cc(Cl)ccc1Cl. The fourth-order valence-corrected chi connectivity index (χ4v) is 4.16. The van der Waals surface area contributed by atoms with Gasteiger partial charge in [-0.15, -0.1) is 0 Å². The van der Waals surface area contributed by atoms with Crippen molar-refractivity contribution in [3.63, 3.8) is 0 Å². The van der Waals surface area contributed by atoms with Gasteiger partial charge in [-0.05, 0) is 74.7 Å². The molecule has 0 aromatic heterocycles. The van der Waals surface area contributed by atoms with Crippen molar-refractivity contribution in [1.82, 2.24) is 0 Å². The van der Waals surface area contributed by atoms with Gasteiger partial charge in [-0.1, -0.05) is 65.7 Å². The Morgan fingerprint density at radius 3 is 2.51 bits per heavy atom. The highest BCUT2D eigenvalue weighted by Gasteiger charge is 2.15. The number of anilines is 1. The van der Waals surface area contributed by atoms with E-state index in [4.69, 9.17) is 27.9 Å². The van der Waals surface area contributed by atoms with Gasteiger partial charge in [0.05, 0.1) is 20.7 Å². The van der Waals surface area contributed by atoms with E-state index in [1.165, 1.54) is 12.1 Å². The molecule has 0 saturated carbocycles. The number of nitrogens with one attached hydrogen (secondary N) is 1. The minimum absolute atomic E-state index is 0.145. The Bertz CT molecular complexity index is 1540. The summed E-state index contributed by atoms with van der Waals surface area (Å²) in [5, 5.41) is 14.5. The lowest BCUT2D eigenvalue weighted by Gasteiger charge is -2.10. The second kappa shape index (κ2) is 10.7. The normalized spacial score (nSPS) is 11.1. The Hall–Kier alpha value is -3.63. The predicted octanol–water partition coefficient (Wildman–Crippen LogP) is 7.67. The molecule has 0 aliphatic carbocycles. The molecule has 0 radical (unpaired) electrons. The molecule has 172 valence electrons. The van der Waals surface area contributed by atoms with Crippen LogP contribution >= 0.6 is 39.1 Å². The lowest BCUT2D eigenvalue weighted by molar-refractivity contribution is -0.112. The van der Waals surface area contributed by atoms with Crippen LogP contribution in [-0.2, 0) is 4.79 Å². The first-order chi connectivity index (χ1) is 16.9. The van der Waals surface area contributed by atoms with Gasteiger partial charge in [0.2, 0.25) is 0 Å². The van der Waals surface area contributed by atoms with E-state index in [2.05, 4.69) is 21.2 Å². The van der Waals surface area contributed by atoms with Crippen molar-refractivity contribution < 1.29 is 14.3 Å². The van der Waals surface area contributed by atoms with Gasteiger partial charge in [0, 0.05) is 5.02 Å². The van der Waals surface area contributed by atoms with E-state index >= 15 is 0 Å². The van der Waals surface area contributed by atoms with Gasteiger partial charge in [-0.3, -0.25) is 4.79 Å². The monoisotopic (exact) mass is 564 g/mol. The molecule has 0 fully saturated rings. The van der Waals surface area contributed by atoms with Crippen LogP contribution in [0.25, 0.3) is 16.8 Å². The fourth-order valence-electron chi connectivity index (χ4n) is 3.35. The third kappa shape index (κ3) is 5.72. The van der Waals surface area contributed by atoms with Crippen molar-refractivity contribution in [3.05, 3.63) is 110 Å². The quantitative estimate of drug-likeness (QED) is 0.116. The van der Waals surface area contributed by atoms with E-state index in [1.807, 2.05) is 36.4 Å². The van der Waals surface area contributed by atoms with Crippen LogP contribution in [0.4, 0.5) is 5.69 Å². The summed E-state index contributed by atoms with van der Waals surface area (Å²) in [5.74, 6) is -0.839. The third-order valence-electron chi connectivity index (χ3n) is 5.02. The smallest absolute Gasteiger partial charge is 0.344 e. The van der Waals surface area contributed by atoms with Crippen LogP contribution in [0.2, 0.25) is 10.0 Å². The van der Waals surface area contributed by atoms with E-state index < -0.39 is 11.9 Å². The van der Waals surface area contributed by atoms with Crippen LogP contribution in [0.1, 0.15) is 15.9 Å². The van der Waals surface area contributed by atoms with E-state index in [-0.39, 0.29) is 5.57 Å². The molecule has 0 bridgehead atoms. The zero-order chi connectivity index (χ0) is 24.9. The number of hydrogen-bond donors (Lipinski definition) is 1. The maximum Gasteiger partial charge on any atom is 0.344 e. The molecule has 4 rings (SSSR count). The topological polar surface area (TPSA) is 79.2 Å². The number of ether oxygens (including phenoxy) is 1. The maximum atomic E-state index is 12.8. The summed E-state index contributed by atoms with van der Waals surface area (Å²) in [6.07, 6.45) is 1.41. The van der Waals surface area contributed by atoms with Crippen LogP contribution in [-0.4, -0.2) is 11.9 Å². The van der Waals surface area contributed by atoms with Gasteiger partial charge in [-0.25, -0.2) is 4.79 Å². The molecular formula is C27H15BrCl2N2O3. The van der Waals surface area contributed by atoms with Gasteiger partial charge in [0.25, 0.3) is 5.91 Å². The number of carbonyl (C=O) groups is 2. The molecule has 0 aliphatic rings. The summed E-state index contributed by atoms with van der Waals surface area (Å²) in [7, 11) is 0.